The number of carbonyl (C=O) groups excluding carboxylic acids is 1. The maximum atomic E-state index is 11.8. The second kappa shape index (κ2) is 8.30. The fourth-order valence-corrected chi connectivity index (χ4v) is 2.17. The van der Waals surface area contributed by atoms with Gasteiger partial charge in [0.2, 0.25) is 5.91 Å². The first-order valence-electron chi connectivity index (χ1n) is 6.32. The maximum Gasteiger partial charge on any atom is 0.236 e. The van der Waals surface area contributed by atoms with E-state index in [1.54, 1.807) is 7.11 Å². The zero-order valence-electron chi connectivity index (χ0n) is 11.6. The Balaban J connectivity index is 2.47. The second-order valence-corrected chi connectivity index (χ2v) is 5.36. The Hall–Kier alpha value is -0.910. The van der Waals surface area contributed by atoms with Gasteiger partial charge in [0, 0.05) is 24.2 Å². The number of benzene rings is 1. The molecule has 0 aromatic heterocycles. The molecular formula is C14H21BrN2O2. The van der Waals surface area contributed by atoms with Crippen molar-refractivity contribution in [3.63, 3.8) is 0 Å². The van der Waals surface area contributed by atoms with Crippen molar-refractivity contribution in [2.45, 2.75) is 25.9 Å². The number of nitrogens with one attached hydrogen (secondary N) is 2. The summed E-state index contributed by atoms with van der Waals surface area (Å²) < 4.78 is 5.93. The van der Waals surface area contributed by atoms with Gasteiger partial charge in [0.15, 0.2) is 0 Å². The molecule has 0 spiro atoms. The Morgan fingerprint density at radius 3 is 2.79 bits per heavy atom. The van der Waals surface area contributed by atoms with Crippen LogP contribution in [0.5, 0.6) is 0 Å². The molecule has 1 unspecified atom stereocenters. The summed E-state index contributed by atoms with van der Waals surface area (Å²) in [7, 11) is 1.61. The average molecular weight is 329 g/mol. The Kier molecular flexibility index (Phi) is 7.05. The van der Waals surface area contributed by atoms with Gasteiger partial charge in [-0.25, -0.2) is 0 Å². The zero-order valence-corrected chi connectivity index (χ0v) is 13.2. The van der Waals surface area contributed by atoms with E-state index in [9.17, 15) is 4.79 Å². The smallest absolute Gasteiger partial charge is 0.236 e. The molecule has 1 rings (SSSR count). The highest BCUT2D eigenvalue weighted by atomic mass is 79.9. The summed E-state index contributed by atoms with van der Waals surface area (Å²) >= 11 is 3.45. The van der Waals surface area contributed by atoms with Gasteiger partial charge in [0.25, 0.3) is 0 Å². The van der Waals surface area contributed by atoms with Gasteiger partial charge in [-0.2, -0.15) is 0 Å². The minimum absolute atomic E-state index is 0.0149. The fourth-order valence-electron chi connectivity index (χ4n) is 1.75. The van der Waals surface area contributed by atoms with Crippen molar-refractivity contribution in [3.05, 3.63) is 34.3 Å². The first-order chi connectivity index (χ1) is 9.04. The minimum Gasteiger partial charge on any atom is -0.383 e. The van der Waals surface area contributed by atoms with Crippen LogP contribution in [-0.2, 0) is 9.53 Å². The highest BCUT2D eigenvalue weighted by Gasteiger charge is 2.15. The number of methoxy groups -OCH3 is 1. The van der Waals surface area contributed by atoms with Crippen molar-refractivity contribution in [2.75, 3.05) is 20.3 Å². The summed E-state index contributed by atoms with van der Waals surface area (Å²) in [6, 6.07) is 7.93. The van der Waals surface area contributed by atoms with Crippen LogP contribution >= 0.6 is 15.9 Å². The lowest BCUT2D eigenvalue weighted by molar-refractivity contribution is -0.123. The van der Waals surface area contributed by atoms with E-state index in [1.807, 2.05) is 38.1 Å². The van der Waals surface area contributed by atoms with E-state index in [0.29, 0.717) is 13.2 Å². The number of hydrogen-bond acceptors (Lipinski definition) is 3. The summed E-state index contributed by atoms with van der Waals surface area (Å²) in [6.45, 7) is 4.96. The molecule has 0 radical (unpaired) electrons. The predicted molar refractivity (Wildman–Crippen MR) is 80.0 cm³/mol. The van der Waals surface area contributed by atoms with Crippen molar-refractivity contribution in [1.82, 2.24) is 10.6 Å². The quantitative estimate of drug-likeness (QED) is 0.755. The van der Waals surface area contributed by atoms with Crippen molar-refractivity contribution in [1.29, 1.82) is 0 Å². The summed E-state index contributed by atoms with van der Waals surface area (Å²) in [6.07, 6.45) is 0. The third-order valence-corrected chi connectivity index (χ3v) is 3.34. The van der Waals surface area contributed by atoms with Crippen LogP contribution in [-0.4, -0.2) is 32.2 Å². The molecule has 2 atom stereocenters. The topological polar surface area (TPSA) is 50.4 Å². The highest BCUT2D eigenvalue weighted by Crippen LogP contribution is 2.18. The Morgan fingerprint density at radius 2 is 2.16 bits per heavy atom. The molecule has 0 aliphatic heterocycles. The molecule has 0 bridgehead atoms. The van der Waals surface area contributed by atoms with Crippen LogP contribution in [0, 0.1) is 0 Å². The lowest BCUT2D eigenvalue weighted by atomic mass is 10.1. The van der Waals surface area contributed by atoms with Gasteiger partial charge in [-0.15, -0.1) is 0 Å². The first kappa shape index (κ1) is 16.1. The SMILES string of the molecule is COCCNC(=O)C(C)N[C@H](C)c1cccc(Br)c1. The van der Waals surface area contributed by atoms with E-state index in [4.69, 9.17) is 4.74 Å². The van der Waals surface area contributed by atoms with Gasteiger partial charge in [-0.3, -0.25) is 10.1 Å². The first-order valence-corrected chi connectivity index (χ1v) is 7.12. The molecule has 0 fully saturated rings. The van der Waals surface area contributed by atoms with Crippen LogP contribution in [0.2, 0.25) is 0 Å². The number of amides is 1. The average Bonchev–Trinajstić information content (AvgIpc) is 2.38. The third-order valence-electron chi connectivity index (χ3n) is 2.85. The minimum atomic E-state index is -0.245. The molecule has 0 aliphatic carbocycles. The summed E-state index contributed by atoms with van der Waals surface area (Å²) in [5.41, 5.74) is 1.14. The molecule has 0 aliphatic rings. The van der Waals surface area contributed by atoms with Crippen LogP contribution < -0.4 is 10.6 Å². The zero-order chi connectivity index (χ0) is 14.3. The molecule has 4 nitrogen and oxygen atoms in total. The molecule has 5 heteroatoms. The van der Waals surface area contributed by atoms with Crippen LogP contribution in [0.3, 0.4) is 0 Å². The molecule has 1 aromatic rings. The van der Waals surface area contributed by atoms with E-state index >= 15 is 0 Å². The van der Waals surface area contributed by atoms with Crippen LogP contribution in [0.25, 0.3) is 0 Å². The Labute approximate surface area is 123 Å². The number of halogens is 1. The van der Waals surface area contributed by atoms with E-state index in [-0.39, 0.29) is 18.0 Å². The van der Waals surface area contributed by atoms with Gasteiger partial charge >= 0.3 is 0 Å². The molecule has 0 heterocycles. The van der Waals surface area contributed by atoms with Crippen molar-refractivity contribution >= 4 is 21.8 Å². The van der Waals surface area contributed by atoms with E-state index in [0.717, 1.165) is 10.0 Å². The van der Waals surface area contributed by atoms with Crippen molar-refractivity contribution in [2.24, 2.45) is 0 Å². The molecule has 1 amide bonds. The van der Waals surface area contributed by atoms with Crippen molar-refractivity contribution < 1.29 is 9.53 Å². The number of hydrogen-bond donors (Lipinski definition) is 2. The fraction of sp³-hybridized carbons (Fsp3) is 0.500. The molecule has 2 N–H and O–H groups in total. The van der Waals surface area contributed by atoms with E-state index in [2.05, 4.69) is 26.6 Å². The molecule has 0 saturated carbocycles. The number of ether oxygens (including phenoxy) is 1. The standard InChI is InChI=1S/C14H21BrN2O2/c1-10(12-5-4-6-13(15)9-12)17-11(2)14(18)16-7-8-19-3/h4-6,9-11,17H,7-8H2,1-3H3,(H,16,18)/t10-,11?/m1/s1. The van der Waals surface area contributed by atoms with Gasteiger partial charge in [-0.05, 0) is 31.5 Å². The third kappa shape index (κ3) is 5.72. The van der Waals surface area contributed by atoms with Gasteiger partial charge in [0.1, 0.15) is 0 Å². The normalized spacial score (nSPS) is 13.9. The number of rotatable bonds is 7. The highest BCUT2D eigenvalue weighted by molar-refractivity contribution is 9.10. The summed E-state index contributed by atoms with van der Waals surface area (Å²) in [5.74, 6) is -0.0149. The molecule has 19 heavy (non-hydrogen) atoms. The van der Waals surface area contributed by atoms with Crippen molar-refractivity contribution in [3.8, 4) is 0 Å². The van der Waals surface area contributed by atoms with E-state index < -0.39 is 0 Å². The lowest BCUT2D eigenvalue weighted by Crippen LogP contribution is -2.44. The molecule has 1 aromatic carbocycles. The van der Waals surface area contributed by atoms with Gasteiger partial charge in [0.05, 0.1) is 12.6 Å². The maximum absolute atomic E-state index is 11.8. The molecular weight excluding hydrogens is 308 g/mol. The van der Waals surface area contributed by atoms with Gasteiger partial charge in [-0.1, -0.05) is 28.1 Å². The summed E-state index contributed by atoms with van der Waals surface area (Å²) in [4.78, 5) is 11.8. The Bertz CT molecular complexity index is 412. The second-order valence-electron chi connectivity index (χ2n) is 4.45. The lowest BCUT2D eigenvalue weighted by Gasteiger charge is -2.20. The van der Waals surface area contributed by atoms with Crippen LogP contribution in [0.4, 0.5) is 0 Å². The van der Waals surface area contributed by atoms with Gasteiger partial charge < -0.3 is 10.1 Å². The number of carbonyl (C=O) groups is 1. The monoisotopic (exact) mass is 328 g/mol. The van der Waals surface area contributed by atoms with Crippen LogP contribution in [0.1, 0.15) is 25.5 Å². The molecule has 106 valence electrons. The Morgan fingerprint density at radius 1 is 1.42 bits per heavy atom. The predicted octanol–water partition coefficient (Wildman–Crippen LogP) is 2.25. The molecule has 0 saturated heterocycles. The van der Waals surface area contributed by atoms with Crippen LogP contribution in [0.15, 0.2) is 28.7 Å². The largest absolute Gasteiger partial charge is 0.383 e. The van der Waals surface area contributed by atoms with E-state index in [1.165, 1.54) is 0 Å². The summed E-state index contributed by atoms with van der Waals surface area (Å²) in [5, 5.41) is 6.09.